The third-order valence-corrected chi connectivity index (χ3v) is 4.41. The van der Waals surface area contributed by atoms with Gasteiger partial charge in [0.2, 0.25) is 0 Å². The molecule has 1 unspecified atom stereocenters. The number of hydrogen-bond donors (Lipinski definition) is 1. The second-order valence-corrected chi connectivity index (χ2v) is 6.36. The fourth-order valence-electron chi connectivity index (χ4n) is 3.06. The van der Waals surface area contributed by atoms with Crippen molar-refractivity contribution in [3.05, 3.63) is 66.1 Å². The molecule has 1 aliphatic rings. The summed E-state index contributed by atoms with van der Waals surface area (Å²) in [6.45, 7) is 1.68. The molecule has 26 heavy (non-hydrogen) atoms. The van der Waals surface area contributed by atoms with Gasteiger partial charge >= 0.3 is 0 Å². The number of amides is 1. The summed E-state index contributed by atoms with van der Waals surface area (Å²) in [5.41, 5.74) is 2.30. The largest absolute Gasteiger partial charge is 0.487 e. The zero-order chi connectivity index (χ0) is 17.8. The van der Waals surface area contributed by atoms with E-state index in [-0.39, 0.29) is 12.0 Å². The lowest BCUT2D eigenvalue weighted by Crippen LogP contribution is -2.31. The molecule has 3 aromatic rings. The Balaban J connectivity index is 1.36. The SMILES string of the molecule is O=C(NCC1CCCO1)c1cccc(OCc2cn3ccccc3n2)c1. The van der Waals surface area contributed by atoms with Crippen LogP contribution >= 0.6 is 0 Å². The standard InChI is InChI=1S/C20H21N3O3/c24-20(21-12-18-7-4-10-25-18)15-5-3-6-17(11-15)26-14-16-13-23-9-2-1-8-19(23)22-16/h1-3,5-6,8-9,11,13,18H,4,7,10,12,14H2,(H,21,24). The number of carbonyl (C=O) groups excluding carboxylic acids is 1. The minimum absolute atomic E-state index is 0.112. The molecule has 0 saturated carbocycles. The number of nitrogens with zero attached hydrogens (tertiary/aromatic N) is 2. The van der Waals surface area contributed by atoms with Crippen molar-refractivity contribution in [1.29, 1.82) is 0 Å². The number of aromatic nitrogens is 2. The average molecular weight is 351 g/mol. The molecule has 0 radical (unpaired) electrons. The van der Waals surface area contributed by atoms with Gasteiger partial charge in [0.1, 0.15) is 18.0 Å². The summed E-state index contributed by atoms with van der Waals surface area (Å²) in [7, 11) is 0. The number of fused-ring (bicyclic) bond motifs is 1. The molecule has 6 nitrogen and oxygen atoms in total. The Morgan fingerprint density at radius 1 is 1.31 bits per heavy atom. The number of rotatable bonds is 6. The van der Waals surface area contributed by atoms with E-state index < -0.39 is 0 Å². The van der Waals surface area contributed by atoms with Gasteiger partial charge in [-0.3, -0.25) is 4.79 Å². The van der Waals surface area contributed by atoms with Gasteiger partial charge in [0.05, 0.1) is 11.8 Å². The Labute approximate surface area is 151 Å². The van der Waals surface area contributed by atoms with Crippen LogP contribution in [0.2, 0.25) is 0 Å². The van der Waals surface area contributed by atoms with Crippen molar-refractivity contribution in [3.63, 3.8) is 0 Å². The molecule has 2 aromatic heterocycles. The first-order chi connectivity index (χ1) is 12.8. The molecular weight excluding hydrogens is 330 g/mol. The van der Waals surface area contributed by atoms with Crippen LogP contribution in [0, 0.1) is 0 Å². The number of pyridine rings is 1. The van der Waals surface area contributed by atoms with Gasteiger partial charge in [0, 0.05) is 31.1 Å². The lowest BCUT2D eigenvalue weighted by atomic mass is 10.2. The van der Waals surface area contributed by atoms with Crippen LogP contribution in [-0.2, 0) is 11.3 Å². The fourth-order valence-corrected chi connectivity index (χ4v) is 3.06. The fraction of sp³-hybridized carbons (Fsp3) is 0.300. The number of benzene rings is 1. The molecule has 6 heteroatoms. The summed E-state index contributed by atoms with van der Waals surface area (Å²) in [6, 6.07) is 13.0. The Bertz CT molecular complexity index is 867. The highest BCUT2D eigenvalue weighted by molar-refractivity contribution is 5.94. The van der Waals surface area contributed by atoms with E-state index in [1.165, 1.54) is 0 Å². The van der Waals surface area contributed by atoms with Crippen LogP contribution in [0.5, 0.6) is 5.75 Å². The van der Waals surface area contributed by atoms with E-state index >= 15 is 0 Å². The van der Waals surface area contributed by atoms with Gasteiger partial charge in [-0.1, -0.05) is 12.1 Å². The lowest BCUT2D eigenvalue weighted by molar-refractivity contribution is 0.0857. The summed E-state index contributed by atoms with van der Waals surface area (Å²) >= 11 is 0. The van der Waals surface area contributed by atoms with Gasteiger partial charge in [0.25, 0.3) is 5.91 Å². The van der Waals surface area contributed by atoms with Crippen LogP contribution in [-0.4, -0.2) is 34.5 Å². The first kappa shape index (κ1) is 16.6. The second-order valence-electron chi connectivity index (χ2n) is 6.36. The molecule has 3 heterocycles. The molecule has 0 spiro atoms. The monoisotopic (exact) mass is 351 g/mol. The minimum Gasteiger partial charge on any atom is -0.487 e. The molecule has 1 amide bonds. The van der Waals surface area contributed by atoms with Gasteiger partial charge in [-0.15, -0.1) is 0 Å². The zero-order valence-corrected chi connectivity index (χ0v) is 14.4. The van der Waals surface area contributed by atoms with Gasteiger partial charge in [-0.2, -0.15) is 0 Å². The highest BCUT2D eigenvalue weighted by Gasteiger charge is 2.16. The third kappa shape index (κ3) is 3.86. The predicted molar refractivity (Wildman–Crippen MR) is 97.3 cm³/mol. The van der Waals surface area contributed by atoms with E-state index in [2.05, 4.69) is 10.3 Å². The van der Waals surface area contributed by atoms with E-state index in [9.17, 15) is 4.79 Å². The summed E-state index contributed by atoms with van der Waals surface area (Å²) in [6.07, 6.45) is 6.08. The maximum atomic E-state index is 12.3. The molecule has 134 valence electrons. The first-order valence-electron chi connectivity index (χ1n) is 8.83. The van der Waals surface area contributed by atoms with Gasteiger partial charge in [0.15, 0.2) is 0 Å². The quantitative estimate of drug-likeness (QED) is 0.742. The van der Waals surface area contributed by atoms with E-state index in [4.69, 9.17) is 9.47 Å². The smallest absolute Gasteiger partial charge is 0.251 e. The highest BCUT2D eigenvalue weighted by Crippen LogP contribution is 2.16. The Kier molecular flexibility index (Phi) is 4.84. The normalized spacial score (nSPS) is 16.7. The summed E-state index contributed by atoms with van der Waals surface area (Å²) < 4.78 is 13.3. The summed E-state index contributed by atoms with van der Waals surface area (Å²) in [5, 5.41) is 2.92. The van der Waals surface area contributed by atoms with Crippen LogP contribution in [0.4, 0.5) is 0 Å². The molecule has 1 saturated heterocycles. The topological polar surface area (TPSA) is 64.9 Å². The minimum atomic E-state index is -0.112. The van der Waals surface area contributed by atoms with Crippen LogP contribution < -0.4 is 10.1 Å². The predicted octanol–water partition coefficient (Wildman–Crippen LogP) is 2.82. The van der Waals surface area contributed by atoms with Crippen molar-refractivity contribution in [1.82, 2.24) is 14.7 Å². The van der Waals surface area contributed by atoms with E-state index in [0.29, 0.717) is 24.5 Å². The molecule has 1 aromatic carbocycles. The molecule has 4 rings (SSSR count). The average Bonchev–Trinajstić information content (AvgIpc) is 3.33. The third-order valence-electron chi connectivity index (χ3n) is 4.41. The maximum absolute atomic E-state index is 12.3. The van der Waals surface area contributed by atoms with Crippen LogP contribution in [0.3, 0.4) is 0 Å². The number of ether oxygens (including phenoxy) is 2. The van der Waals surface area contributed by atoms with Crippen LogP contribution in [0.25, 0.3) is 5.65 Å². The molecule has 1 fully saturated rings. The number of carbonyl (C=O) groups is 1. The van der Waals surface area contributed by atoms with Crippen molar-refractivity contribution >= 4 is 11.6 Å². The lowest BCUT2D eigenvalue weighted by Gasteiger charge is -2.11. The molecule has 0 aliphatic carbocycles. The maximum Gasteiger partial charge on any atom is 0.251 e. The molecular formula is C20H21N3O3. The summed E-state index contributed by atoms with van der Waals surface area (Å²) in [4.78, 5) is 16.8. The summed E-state index contributed by atoms with van der Waals surface area (Å²) in [5.74, 6) is 0.533. The number of hydrogen-bond acceptors (Lipinski definition) is 4. The second kappa shape index (κ2) is 7.58. The molecule has 1 atom stereocenters. The van der Waals surface area contributed by atoms with Crippen molar-refractivity contribution in [2.45, 2.75) is 25.6 Å². The Morgan fingerprint density at radius 3 is 3.12 bits per heavy atom. The van der Waals surface area contributed by atoms with Gasteiger partial charge in [-0.05, 0) is 43.2 Å². The van der Waals surface area contributed by atoms with Crippen molar-refractivity contribution in [2.75, 3.05) is 13.2 Å². The van der Waals surface area contributed by atoms with Gasteiger partial charge < -0.3 is 19.2 Å². The van der Waals surface area contributed by atoms with Crippen molar-refractivity contribution in [2.24, 2.45) is 0 Å². The molecule has 1 aliphatic heterocycles. The van der Waals surface area contributed by atoms with Crippen LogP contribution in [0.15, 0.2) is 54.9 Å². The van der Waals surface area contributed by atoms with E-state index in [1.807, 2.05) is 47.1 Å². The zero-order valence-electron chi connectivity index (χ0n) is 14.4. The van der Waals surface area contributed by atoms with E-state index in [1.54, 1.807) is 12.1 Å². The van der Waals surface area contributed by atoms with Gasteiger partial charge in [-0.25, -0.2) is 4.98 Å². The highest BCUT2D eigenvalue weighted by atomic mass is 16.5. The number of nitrogens with one attached hydrogen (secondary N) is 1. The van der Waals surface area contributed by atoms with Crippen LogP contribution in [0.1, 0.15) is 28.9 Å². The Morgan fingerprint density at radius 2 is 2.27 bits per heavy atom. The molecule has 0 bridgehead atoms. The van der Waals surface area contributed by atoms with Crippen molar-refractivity contribution in [3.8, 4) is 5.75 Å². The number of imidazole rings is 1. The first-order valence-corrected chi connectivity index (χ1v) is 8.83. The Hall–Kier alpha value is -2.86. The molecule has 1 N–H and O–H groups in total. The van der Waals surface area contributed by atoms with Crippen molar-refractivity contribution < 1.29 is 14.3 Å². The van der Waals surface area contributed by atoms with E-state index in [0.717, 1.165) is 30.8 Å².